The molecule has 1 aliphatic rings. The molecule has 5 heteroatoms. The fourth-order valence-corrected chi connectivity index (χ4v) is 1.05. The van der Waals surface area contributed by atoms with E-state index in [1.165, 1.54) is 0 Å². The molecule has 0 saturated heterocycles. The lowest BCUT2D eigenvalue weighted by Gasteiger charge is -2.25. The van der Waals surface area contributed by atoms with Crippen LogP contribution in [0.3, 0.4) is 0 Å². The highest BCUT2D eigenvalue weighted by molar-refractivity contribution is 5.78. The van der Waals surface area contributed by atoms with Crippen molar-refractivity contribution in [2.24, 2.45) is 10.7 Å². The van der Waals surface area contributed by atoms with E-state index < -0.39 is 6.10 Å². The van der Waals surface area contributed by atoms with Gasteiger partial charge < -0.3 is 21.3 Å². The Morgan fingerprint density at radius 1 is 1.82 bits per heavy atom. The summed E-state index contributed by atoms with van der Waals surface area (Å²) >= 11 is 0. The van der Waals surface area contributed by atoms with Crippen molar-refractivity contribution in [1.29, 1.82) is 0 Å². The van der Waals surface area contributed by atoms with E-state index in [4.69, 9.17) is 10.8 Å². The summed E-state index contributed by atoms with van der Waals surface area (Å²) in [7, 11) is 0. The van der Waals surface area contributed by atoms with E-state index in [0.717, 1.165) is 0 Å². The Balaban J connectivity index is 2.43. The third-order valence-electron chi connectivity index (χ3n) is 1.71. The van der Waals surface area contributed by atoms with Crippen molar-refractivity contribution < 1.29 is 10.2 Å². The maximum Gasteiger partial charge on any atom is 0.188 e. The molecule has 0 bridgehead atoms. The van der Waals surface area contributed by atoms with Gasteiger partial charge in [0, 0.05) is 6.54 Å². The molecular weight excluding hydrogens is 146 g/mol. The fourth-order valence-electron chi connectivity index (χ4n) is 1.05. The molecule has 0 aromatic rings. The van der Waals surface area contributed by atoms with Crippen molar-refractivity contribution in [2.45, 2.75) is 18.6 Å². The fraction of sp³-hybridized carbons (Fsp3) is 0.833. The minimum Gasteiger partial charge on any atom is -0.394 e. The number of aliphatic imine (C=N–C) groups is 1. The van der Waals surface area contributed by atoms with Gasteiger partial charge in [-0.15, -0.1) is 0 Å². The molecule has 1 rings (SSSR count). The summed E-state index contributed by atoms with van der Waals surface area (Å²) in [5.41, 5.74) is 5.36. The monoisotopic (exact) mass is 159 g/mol. The molecule has 0 fully saturated rings. The van der Waals surface area contributed by atoms with E-state index in [9.17, 15) is 5.11 Å². The Hall–Kier alpha value is -0.810. The van der Waals surface area contributed by atoms with E-state index in [0.29, 0.717) is 18.9 Å². The van der Waals surface area contributed by atoms with Crippen molar-refractivity contribution in [3.05, 3.63) is 0 Å². The Labute approximate surface area is 64.9 Å². The third-order valence-corrected chi connectivity index (χ3v) is 1.71. The first-order valence-electron chi connectivity index (χ1n) is 3.59. The van der Waals surface area contributed by atoms with Crippen molar-refractivity contribution >= 4 is 5.96 Å². The lowest BCUT2D eigenvalue weighted by atomic mass is 10.1. The maximum absolute atomic E-state index is 9.18. The molecule has 1 heterocycles. The molecule has 0 aliphatic carbocycles. The average Bonchev–Trinajstić information content (AvgIpc) is 2.03. The first kappa shape index (κ1) is 8.29. The average molecular weight is 159 g/mol. The summed E-state index contributed by atoms with van der Waals surface area (Å²) < 4.78 is 0. The van der Waals surface area contributed by atoms with Crippen molar-refractivity contribution in [3.63, 3.8) is 0 Å². The van der Waals surface area contributed by atoms with E-state index in [1.807, 2.05) is 0 Å². The van der Waals surface area contributed by atoms with Crippen LogP contribution < -0.4 is 11.1 Å². The highest BCUT2D eigenvalue weighted by atomic mass is 16.3. The smallest absolute Gasteiger partial charge is 0.188 e. The second-order valence-electron chi connectivity index (χ2n) is 2.56. The Morgan fingerprint density at radius 3 is 3.09 bits per heavy atom. The van der Waals surface area contributed by atoms with Gasteiger partial charge in [-0.3, -0.25) is 4.99 Å². The van der Waals surface area contributed by atoms with Crippen LogP contribution in [0.5, 0.6) is 0 Å². The molecule has 5 N–H and O–H groups in total. The Morgan fingerprint density at radius 2 is 2.55 bits per heavy atom. The number of nitrogens with one attached hydrogen (secondary N) is 1. The van der Waals surface area contributed by atoms with Crippen molar-refractivity contribution in [2.75, 3.05) is 13.2 Å². The van der Waals surface area contributed by atoms with Crippen LogP contribution in [0.4, 0.5) is 0 Å². The van der Waals surface area contributed by atoms with Crippen LogP contribution in [0.15, 0.2) is 4.99 Å². The number of aliphatic hydroxyl groups excluding tert-OH is 2. The molecule has 5 nitrogen and oxygen atoms in total. The van der Waals surface area contributed by atoms with Crippen LogP contribution in [-0.2, 0) is 0 Å². The van der Waals surface area contributed by atoms with E-state index >= 15 is 0 Å². The van der Waals surface area contributed by atoms with Crippen LogP contribution in [-0.4, -0.2) is 41.5 Å². The summed E-state index contributed by atoms with van der Waals surface area (Å²) in [6.07, 6.45) is -0.0355. The zero-order valence-electron chi connectivity index (χ0n) is 6.20. The molecule has 0 aromatic heterocycles. The van der Waals surface area contributed by atoms with Gasteiger partial charge in [-0.25, -0.2) is 0 Å². The number of nitrogens with zero attached hydrogens (tertiary/aromatic N) is 1. The predicted octanol–water partition coefficient (Wildman–Crippen LogP) is -1.98. The number of hydrogen-bond donors (Lipinski definition) is 4. The Kier molecular flexibility index (Phi) is 2.67. The summed E-state index contributed by atoms with van der Waals surface area (Å²) in [5, 5.41) is 20.6. The molecule has 11 heavy (non-hydrogen) atoms. The number of aliphatic hydroxyl groups is 2. The van der Waals surface area contributed by atoms with Crippen LogP contribution in [0, 0.1) is 0 Å². The molecule has 0 amide bonds. The first-order chi connectivity index (χ1) is 5.24. The molecule has 0 aromatic carbocycles. The van der Waals surface area contributed by atoms with E-state index in [-0.39, 0.29) is 12.6 Å². The largest absolute Gasteiger partial charge is 0.394 e. The molecule has 0 radical (unpaired) electrons. The van der Waals surface area contributed by atoms with Gasteiger partial charge in [0.15, 0.2) is 5.96 Å². The lowest BCUT2D eigenvalue weighted by Crippen LogP contribution is -2.50. The van der Waals surface area contributed by atoms with Crippen LogP contribution in [0.25, 0.3) is 0 Å². The van der Waals surface area contributed by atoms with Gasteiger partial charge in [-0.2, -0.15) is 0 Å². The third kappa shape index (κ3) is 2.06. The number of hydrogen-bond acceptors (Lipinski definition) is 5. The van der Waals surface area contributed by atoms with E-state index in [2.05, 4.69) is 10.3 Å². The zero-order valence-corrected chi connectivity index (χ0v) is 6.20. The minimum atomic E-state index is -0.746. The van der Waals surface area contributed by atoms with E-state index in [1.54, 1.807) is 0 Å². The van der Waals surface area contributed by atoms with Crippen molar-refractivity contribution in [3.8, 4) is 0 Å². The summed E-state index contributed by atoms with van der Waals surface area (Å²) in [5.74, 6) is 0.341. The second kappa shape index (κ2) is 3.54. The molecule has 0 saturated carbocycles. The van der Waals surface area contributed by atoms with Gasteiger partial charge in [0.1, 0.15) is 0 Å². The molecule has 64 valence electrons. The van der Waals surface area contributed by atoms with Gasteiger partial charge in [0.25, 0.3) is 0 Å². The molecular formula is C6H13N3O2. The maximum atomic E-state index is 9.18. The molecule has 0 spiro atoms. The van der Waals surface area contributed by atoms with Gasteiger partial charge in [-0.1, -0.05) is 0 Å². The molecule has 2 atom stereocenters. The zero-order chi connectivity index (χ0) is 8.27. The molecule has 0 unspecified atom stereocenters. The highest BCUT2D eigenvalue weighted by Crippen LogP contribution is 2.02. The normalized spacial score (nSPS) is 27.1. The Bertz CT molecular complexity index is 160. The van der Waals surface area contributed by atoms with Gasteiger partial charge >= 0.3 is 0 Å². The number of nitrogens with two attached hydrogens (primary N) is 1. The number of rotatable bonds is 2. The predicted molar refractivity (Wildman–Crippen MR) is 41.1 cm³/mol. The van der Waals surface area contributed by atoms with Crippen LogP contribution in [0.1, 0.15) is 6.42 Å². The van der Waals surface area contributed by atoms with Crippen molar-refractivity contribution in [1.82, 2.24) is 5.32 Å². The van der Waals surface area contributed by atoms with Crippen LogP contribution in [0.2, 0.25) is 0 Å². The standard InChI is InChI=1S/C6H13N3O2/c7-6-8-2-1-4(9-6)5(11)3-10/h4-5,10-11H,1-3H2,(H3,7,8,9)/t4-,5-/m0/s1. The second-order valence-corrected chi connectivity index (χ2v) is 2.56. The molecule has 1 aliphatic heterocycles. The first-order valence-corrected chi connectivity index (χ1v) is 3.59. The highest BCUT2D eigenvalue weighted by Gasteiger charge is 2.20. The van der Waals surface area contributed by atoms with Crippen LogP contribution >= 0.6 is 0 Å². The van der Waals surface area contributed by atoms with Gasteiger partial charge in [-0.05, 0) is 6.42 Å². The quantitative estimate of drug-likeness (QED) is 0.375. The summed E-state index contributed by atoms with van der Waals surface area (Å²) in [6.45, 7) is 0.367. The van der Waals surface area contributed by atoms with Gasteiger partial charge in [0.05, 0.1) is 18.8 Å². The summed E-state index contributed by atoms with van der Waals surface area (Å²) in [4.78, 5) is 3.89. The number of guanidine groups is 1. The minimum absolute atomic E-state index is 0.155. The SMILES string of the molecule is NC1=NCC[C@@H]([C@@H](O)CO)N1. The van der Waals surface area contributed by atoms with Gasteiger partial charge in [0.2, 0.25) is 0 Å². The lowest BCUT2D eigenvalue weighted by molar-refractivity contribution is 0.0652. The topological polar surface area (TPSA) is 90.9 Å². The summed E-state index contributed by atoms with van der Waals surface area (Å²) in [6, 6.07) is -0.155.